The number of halogens is 1. The van der Waals surface area contributed by atoms with E-state index >= 15 is 0 Å². The summed E-state index contributed by atoms with van der Waals surface area (Å²) < 4.78 is 2.56. The number of thioether (sulfide) groups is 1. The van der Waals surface area contributed by atoms with Crippen LogP contribution in [0.5, 0.6) is 0 Å². The van der Waals surface area contributed by atoms with Gasteiger partial charge < -0.3 is 0 Å². The van der Waals surface area contributed by atoms with E-state index in [0.717, 1.165) is 10.2 Å². The molecule has 0 amide bonds. The van der Waals surface area contributed by atoms with E-state index < -0.39 is 0 Å². The van der Waals surface area contributed by atoms with Crippen molar-refractivity contribution in [2.45, 2.75) is 26.3 Å². The first kappa shape index (κ1) is 12.8. The Morgan fingerprint density at radius 3 is 2.87 bits per heavy atom. The van der Waals surface area contributed by atoms with Gasteiger partial charge in [0, 0.05) is 18.2 Å². The van der Waals surface area contributed by atoms with Crippen molar-refractivity contribution in [1.82, 2.24) is 9.78 Å². The second kappa shape index (κ2) is 5.70. The Morgan fingerprint density at radius 1 is 1.67 bits per heavy atom. The molecule has 5 heteroatoms. The van der Waals surface area contributed by atoms with Crippen LogP contribution < -0.4 is 0 Å². The van der Waals surface area contributed by atoms with Crippen molar-refractivity contribution in [3.8, 4) is 0 Å². The number of hydrogen-bond acceptors (Lipinski definition) is 3. The molecule has 1 rings (SSSR count). The molecule has 0 atom stereocenters. The largest absolute Gasteiger partial charge is 0.292 e. The van der Waals surface area contributed by atoms with E-state index in [4.69, 9.17) is 0 Å². The lowest BCUT2D eigenvalue weighted by Crippen LogP contribution is -2.13. The van der Waals surface area contributed by atoms with Gasteiger partial charge in [0.2, 0.25) is 0 Å². The van der Waals surface area contributed by atoms with E-state index in [9.17, 15) is 4.79 Å². The van der Waals surface area contributed by atoms with Crippen molar-refractivity contribution < 1.29 is 4.79 Å². The maximum atomic E-state index is 11.9. The van der Waals surface area contributed by atoms with Crippen LogP contribution in [0, 0.1) is 0 Å². The molecule has 0 saturated carbocycles. The van der Waals surface area contributed by atoms with E-state index in [2.05, 4.69) is 21.0 Å². The number of carbonyl (C=O) groups is 1. The Balaban J connectivity index is 2.91. The van der Waals surface area contributed by atoms with Crippen LogP contribution in [0.3, 0.4) is 0 Å². The number of carbonyl (C=O) groups excluding carboxylic acids is 1. The monoisotopic (exact) mass is 290 g/mol. The number of Topliss-reactive ketones (excluding diaryl/α,β-unsaturated/α-hetero) is 1. The van der Waals surface area contributed by atoms with Gasteiger partial charge in [-0.25, -0.2) is 0 Å². The van der Waals surface area contributed by atoms with Gasteiger partial charge in [-0.05, 0) is 36.0 Å². The summed E-state index contributed by atoms with van der Waals surface area (Å²) in [5.41, 5.74) is 0.694. The molecule has 1 aromatic heterocycles. The fourth-order valence-corrected chi connectivity index (χ4v) is 2.19. The minimum absolute atomic E-state index is 0.155. The highest BCUT2D eigenvalue weighted by atomic mass is 79.9. The van der Waals surface area contributed by atoms with Gasteiger partial charge in [0.25, 0.3) is 0 Å². The molecule has 0 aliphatic rings. The quantitative estimate of drug-likeness (QED) is 0.782. The molecule has 3 nitrogen and oxygen atoms in total. The highest BCUT2D eigenvalue weighted by Gasteiger charge is 2.17. The van der Waals surface area contributed by atoms with Gasteiger partial charge in [-0.1, -0.05) is 0 Å². The minimum atomic E-state index is 0.155. The molecule has 84 valence electrons. The van der Waals surface area contributed by atoms with Crippen LogP contribution in [0.25, 0.3) is 0 Å². The first-order chi connectivity index (χ1) is 7.07. The average molecular weight is 291 g/mol. The summed E-state index contributed by atoms with van der Waals surface area (Å²) in [6, 6.07) is 0.213. The summed E-state index contributed by atoms with van der Waals surface area (Å²) >= 11 is 5.05. The molecule has 0 N–H and O–H groups in total. The Labute approximate surface area is 103 Å². The van der Waals surface area contributed by atoms with Crippen LogP contribution in [-0.4, -0.2) is 27.6 Å². The number of rotatable bonds is 5. The highest BCUT2D eigenvalue weighted by molar-refractivity contribution is 9.10. The van der Waals surface area contributed by atoms with Crippen molar-refractivity contribution in [2.75, 3.05) is 12.0 Å². The Hall–Kier alpha value is -0.290. The van der Waals surface area contributed by atoms with Crippen LogP contribution in [0.1, 0.15) is 36.8 Å². The first-order valence-electron chi connectivity index (χ1n) is 4.83. The molecule has 0 aromatic carbocycles. The standard InChI is InChI=1S/C10H15BrN2OS/c1-7(2)13-10(8(11)6-12-13)9(14)4-5-15-3/h6-7H,4-5H2,1-3H3. The van der Waals surface area contributed by atoms with E-state index in [-0.39, 0.29) is 11.8 Å². The SMILES string of the molecule is CSCCC(=O)c1c(Br)cnn1C(C)C. The molecule has 0 fully saturated rings. The van der Waals surface area contributed by atoms with Crippen molar-refractivity contribution in [1.29, 1.82) is 0 Å². The highest BCUT2D eigenvalue weighted by Crippen LogP contribution is 2.21. The van der Waals surface area contributed by atoms with Crippen LogP contribution in [0.4, 0.5) is 0 Å². The molecule has 0 radical (unpaired) electrons. The Kier molecular flexibility index (Phi) is 4.86. The van der Waals surface area contributed by atoms with Crippen LogP contribution in [-0.2, 0) is 0 Å². The third kappa shape index (κ3) is 3.08. The zero-order valence-corrected chi connectivity index (χ0v) is 11.6. The maximum Gasteiger partial charge on any atom is 0.182 e. The summed E-state index contributed by atoms with van der Waals surface area (Å²) in [5, 5.41) is 4.19. The molecular weight excluding hydrogens is 276 g/mol. The van der Waals surface area contributed by atoms with Gasteiger partial charge in [-0.3, -0.25) is 9.48 Å². The van der Waals surface area contributed by atoms with Gasteiger partial charge in [0.05, 0.1) is 10.7 Å². The molecule has 0 aliphatic carbocycles. The Morgan fingerprint density at radius 2 is 2.33 bits per heavy atom. The van der Waals surface area contributed by atoms with Crippen LogP contribution in [0.15, 0.2) is 10.7 Å². The summed E-state index contributed by atoms with van der Waals surface area (Å²) in [7, 11) is 0. The smallest absolute Gasteiger partial charge is 0.182 e. The first-order valence-corrected chi connectivity index (χ1v) is 7.01. The van der Waals surface area contributed by atoms with Gasteiger partial charge in [0.15, 0.2) is 5.78 Å². The van der Waals surface area contributed by atoms with E-state index in [1.54, 1.807) is 22.6 Å². The normalized spacial score (nSPS) is 11.0. The summed E-state index contributed by atoms with van der Waals surface area (Å²) in [6.45, 7) is 4.04. The molecule has 0 spiro atoms. The average Bonchev–Trinajstić information content (AvgIpc) is 2.56. The number of ketones is 1. The zero-order chi connectivity index (χ0) is 11.4. The second-order valence-electron chi connectivity index (χ2n) is 3.55. The van der Waals surface area contributed by atoms with Crippen molar-refractivity contribution >= 4 is 33.5 Å². The minimum Gasteiger partial charge on any atom is -0.292 e. The van der Waals surface area contributed by atoms with E-state index in [1.807, 2.05) is 20.1 Å². The lowest BCUT2D eigenvalue weighted by Gasteiger charge is -2.10. The van der Waals surface area contributed by atoms with Gasteiger partial charge in [-0.15, -0.1) is 0 Å². The zero-order valence-electron chi connectivity index (χ0n) is 9.16. The third-order valence-corrected chi connectivity index (χ3v) is 3.23. The predicted octanol–water partition coefficient (Wildman–Crippen LogP) is 3.16. The maximum absolute atomic E-state index is 11.9. The molecule has 0 aliphatic heterocycles. The third-order valence-electron chi connectivity index (χ3n) is 2.04. The predicted molar refractivity (Wildman–Crippen MR) is 67.6 cm³/mol. The van der Waals surface area contributed by atoms with Crippen LogP contribution >= 0.6 is 27.7 Å². The second-order valence-corrected chi connectivity index (χ2v) is 5.39. The Bertz CT molecular complexity index is 349. The molecule has 0 bridgehead atoms. The van der Waals surface area contributed by atoms with Gasteiger partial charge >= 0.3 is 0 Å². The topological polar surface area (TPSA) is 34.9 Å². The van der Waals surface area contributed by atoms with Crippen molar-refractivity contribution in [2.24, 2.45) is 0 Å². The fraction of sp³-hybridized carbons (Fsp3) is 0.600. The van der Waals surface area contributed by atoms with Crippen molar-refractivity contribution in [3.05, 3.63) is 16.4 Å². The number of aromatic nitrogens is 2. The van der Waals surface area contributed by atoms with Gasteiger partial charge in [-0.2, -0.15) is 16.9 Å². The molecular formula is C10H15BrN2OS. The van der Waals surface area contributed by atoms with E-state index in [0.29, 0.717) is 12.1 Å². The molecule has 0 saturated heterocycles. The van der Waals surface area contributed by atoms with E-state index in [1.165, 1.54) is 0 Å². The summed E-state index contributed by atoms with van der Waals surface area (Å²) in [5.74, 6) is 1.01. The summed E-state index contributed by atoms with van der Waals surface area (Å²) in [6.07, 6.45) is 4.26. The summed E-state index contributed by atoms with van der Waals surface area (Å²) in [4.78, 5) is 11.9. The lowest BCUT2D eigenvalue weighted by molar-refractivity contribution is 0.0976. The molecule has 0 unspecified atom stereocenters. The lowest BCUT2D eigenvalue weighted by atomic mass is 10.2. The molecule has 1 heterocycles. The fourth-order valence-electron chi connectivity index (χ4n) is 1.31. The number of hydrogen-bond donors (Lipinski definition) is 0. The van der Waals surface area contributed by atoms with Crippen LogP contribution in [0.2, 0.25) is 0 Å². The molecule has 15 heavy (non-hydrogen) atoms. The van der Waals surface area contributed by atoms with Gasteiger partial charge in [0.1, 0.15) is 5.69 Å². The molecule has 1 aromatic rings. The number of nitrogens with zero attached hydrogens (tertiary/aromatic N) is 2. The van der Waals surface area contributed by atoms with Crippen molar-refractivity contribution in [3.63, 3.8) is 0 Å².